The van der Waals surface area contributed by atoms with E-state index in [0.29, 0.717) is 0 Å². The average Bonchev–Trinajstić information content (AvgIpc) is 2.08. The molecule has 0 aromatic heterocycles. The molecule has 0 aliphatic carbocycles. The molecule has 0 aromatic rings. The van der Waals surface area contributed by atoms with Crippen LogP contribution in [0, 0.1) is 0 Å². The third-order valence-corrected chi connectivity index (χ3v) is 1.50. The van der Waals surface area contributed by atoms with Crippen LogP contribution >= 0.6 is 0 Å². The Labute approximate surface area is 72.8 Å². The van der Waals surface area contributed by atoms with Crippen molar-refractivity contribution in [1.82, 2.24) is 5.01 Å². The first-order chi connectivity index (χ1) is 5.77. The van der Waals surface area contributed by atoms with Crippen molar-refractivity contribution in [3.63, 3.8) is 0 Å². The second kappa shape index (κ2) is 3.85. The molecule has 0 radical (unpaired) electrons. The molecule has 0 spiro atoms. The maximum Gasteiger partial charge on any atom is 0.148 e. The van der Waals surface area contributed by atoms with Gasteiger partial charge >= 0.3 is 0 Å². The van der Waals surface area contributed by atoms with E-state index in [1.54, 1.807) is 17.3 Å². The van der Waals surface area contributed by atoms with Crippen molar-refractivity contribution in [2.45, 2.75) is 19.9 Å². The molecule has 64 valence electrons. The summed E-state index contributed by atoms with van der Waals surface area (Å²) in [5.74, 6) is 0.795. The second-order valence-corrected chi connectivity index (χ2v) is 2.49. The molecule has 0 saturated carbocycles. The predicted molar refractivity (Wildman–Crippen MR) is 52.2 cm³/mol. The van der Waals surface area contributed by atoms with Gasteiger partial charge in [0.1, 0.15) is 5.84 Å². The van der Waals surface area contributed by atoms with E-state index in [9.17, 15) is 0 Å². The Morgan fingerprint density at radius 1 is 1.75 bits per heavy atom. The highest BCUT2D eigenvalue weighted by Crippen LogP contribution is 2.07. The Kier molecular flexibility index (Phi) is 2.80. The van der Waals surface area contributed by atoms with Gasteiger partial charge in [0.15, 0.2) is 0 Å². The maximum absolute atomic E-state index is 4.32. The zero-order chi connectivity index (χ0) is 8.97. The summed E-state index contributed by atoms with van der Waals surface area (Å²) >= 11 is 0. The molecule has 0 fully saturated rings. The fraction of sp³-hybridized carbons (Fsp3) is 0.333. The van der Waals surface area contributed by atoms with Crippen LogP contribution in [0.1, 0.15) is 13.8 Å². The summed E-state index contributed by atoms with van der Waals surface area (Å²) in [5, 5.41) is 5.79. The van der Waals surface area contributed by atoms with Gasteiger partial charge in [-0.1, -0.05) is 6.58 Å². The van der Waals surface area contributed by atoms with E-state index in [1.165, 1.54) is 0 Å². The molecule has 3 heteroatoms. The van der Waals surface area contributed by atoms with Crippen molar-refractivity contribution < 1.29 is 0 Å². The normalized spacial score (nSPS) is 23.0. The number of hydrogen-bond acceptors (Lipinski definition) is 3. The van der Waals surface area contributed by atoms with Crippen LogP contribution in [0.4, 0.5) is 0 Å². The molecular formula is C9H13N3. The fourth-order valence-electron chi connectivity index (χ4n) is 0.962. The molecule has 0 aromatic carbocycles. The third kappa shape index (κ3) is 1.81. The SMILES string of the molecule is C=CC1=NC(C)C=CN1/N=C\C. The van der Waals surface area contributed by atoms with Gasteiger partial charge in [0.25, 0.3) is 0 Å². The minimum Gasteiger partial charge on any atom is -0.259 e. The number of amidine groups is 1. The van der Waals surface area contributed by atoms with Gasteiger partial charge in [-0.15, -0.1) is 0 Å². The molecule has 1 unspecified atom stereocenters. The van der Waals surface area contributed by atoms with Crippen LogP contribution in [-0.4, -0.2) is 23.1 Å². The summed E-state index contributed by atoms with van der Waals surface area (Å²) in [5.41, 5.74) is 0. The summed E-state index contributed by atoms with van der Waals surface area (Å²) in [4.78, 5) is 4.32. The van der Waals surface area contributed by atoms with Crippen LogP contribution in [0.25, 0.3) is 0 Å². The van der Waals surface area contributed by atoms with Crippen molar-refractivity contribution in [1.29, 1.82) is 0 Å². The largest absolute Gasteiger partial charge is 0.259 e. The third-order valence-electron chi connectivity index (χ3n) is 1.50. The zero-order valence-corrected chi connectivity index (χ0v) is 7.44. The maximum atomic E-state index is 4.32. The lowest BCUT2D eigenvalue weighted by Gasteiger charge is -2.19. The Morgan fingerprint density at radius 2 is 2.50 bits per heavy atom. The Balaban J connectivity index is 2.82. The van der Waals surface area contributed by atoms with Crippen LogP contribution < -0.4 is 0 Å². The molecule has 0 amide bonds. The number of rotatable bonds is 2. The Bertz CT molecular complexity index is 250. The van der Waals surface area contributed by atoms with Crippen LogP contribution in [0.2, 0.25) is 0 Å². The molecule has 1 rings (SSSR count). The Morgan fingerprint density at radius 3 is 3.08 bits per heavy atom. The van der Waals surface area contributed by atoms with Gasteiger partial charge in [0.2, 0.25) is 0 Å². The van der Waals surface area contributed by atoms with E-state index < -0.39 is 0 Å². The van der Waals surface area contributed by atoms with Crippen LogP contribution in [0.15, 0.2) is 35.0 Å². The molecule has 0 bridgehead atoms. The van der Waals surface area contributed by atoms with E-state index in [2.05, 4.69) is 16.7 Å². The second-order valence-electron chi connectivity index (χ2n) is 2.49. The average molecular weight is 163 g/mol. The van der Waals surface area contributed by atoms with Gasteiger partial charge in [0.05, 0.1) is 6.04 Å². The van der Waals surface area contributed by atoms with E-state index in [-0.39, 0.29) is 6.04 Å². The van der Waals surface area contributed by atoms with Crippen molar-refractivity contribution in [3.05, 3.63) is 24.9 Å². The first-order valence-electron chi connectivity index (χ1n) is 3.94. The number of hydrazone groups is 1. The lowest BCUT2D eigenvalue weighted by Crippen LogP contribution is -2.23. The standard InChI is InChI=1S/C9H13N3/c1-4-9-11-8(3)6-7-12(9)10-5-2/h4-8H,1H2,2-3H3/b10-5-. The minimum atomic E-state index is 0.223. The van der Waals surface area contributed by atoms with Crippen LogP contribution in [0.3, 0.4) is 0 Å². The van der Waals surface area contributed by atoms with Gasteiger partial charge in [-0.3, -0.25) is 4.99 Å². The molecule has 1 aliphatic heterocycles. The summed E-state index contributed by atoms with van der Waals surface area (Å²) in [7, 11) is 0. The van der Waals surface area contributed by atoms with Crippen molar-refractivity contribution >= 4 is 12.1 Å². The molecule has 12 heavy (non-hydrogen) atoms. The van der Waals surface area contributed by atoms with Gasteiger partial charge in [-0.2, -0.15) is 5.10 Å². The van der Waals surface area contributed by atoms with E-state index in [4.69, 9.17) is 0 Å². The molecule has 1 heterocycles. The smallest absolute Gasteiger partial charge is 0.148 e. The van der Waals surface area contributed by atoms with E-state index in [1.807, 2.05) is 26.1 Å². The molecule has 0 N–H and O–H groups in total. The van der Waals surface area contributed by atoms with E-state index >= 15 is 0 Å². The highest BCUT2D eigenvalue weighted by atomic mass is 15.5. The van der Waals surface area contributed by atoms with Crippen molar-refractivity contribution in [2.75, 3.05) is 0 Å². The summed E-state index contributed by atoms with van der Waals surface area (Å²) in [6, 6.07) is 0.223. The molecular weight excluding hydrogens is 150 g/mol. The first kappa shape index (κ1) is 8.71. The summed E-state index contributed by atoms with van der Waals surface area (Å²) in [6.45, 7) is 7.56. The topological polar surface area (TPSA) is 28.0 Å². The van der Waals surface area contributed by atoms with Crippen molar-refractivity contribution in [3.8, 4) is 0 Å². The highest BCUT2D eigenvalue weighted by molar-refractivity contribution is 5.94. The zero-order valence-electron chi connectivity index (χ0n) is 7.44. The summed E-state index contributed by atoms with van der Waals surface area (Å²) in [6.07, 6.45) is 7.31. The lowest BCUT2D eigenvalue weighted by atomic mass is 10.3. The molecule has 1 aliphatic rings. The van der Waals surface area contributed by atoms with Gasteiger partial charge in [-0.05, 0) is 26.0 Å². The number of nitrogens with zero attached hydrogens (tertiary/aromatic N) is 3. The highest BCUT2D eigenvalue weighted by Gasteiger charge is 2.08. The fourth-order valence-corrected chi connectivity index (χ4v) is 0.962. The van der Waals surface area contributed by atoms with Gasteiger partial charge < -0.3 is 0 Å². The number of hydrogen-bond donors (Lipinski definition) is 0. The van der Waals surface area contributed by atoms with Crippen LogP contribution in [-0.2, 0) is 0 Å². The lowest BCUT2D eigenvalue weighted by molar-refractivity contribution is 0.581. The molecule has 0 saturated heterocycles. The monoisotopic (exact) mass is 163 g/mol. The van der Waals surface area contributed by atoms with E-state index in [0.717, 1.165) is 5.84 Å². The quantitative estimate of drug-likeness (QED) is 0.570. The van der Waals surface area contributed by atoms with Gasteiger partial charge in [-0.25, -0.2) is 5.01 Å². The Hall–Kier alpha value is -1.38. The van der Waals surface area contributed by atoms with Crippen LogP contribution in [0.5, 0.6) is 0 Å². The molecule has 1 atom stereocenters. The molecule has 3 nitrogen and oxygen atoms in total. The minimum absolute atomic E-state index is 0.223. The predicted octanol–water partition coefficient (Wildman–Crippen LogP) is 1.79. The van der Waals surface area contributed by atoms with Crippen molar-refractivity contribution in [2.24, 2.45) is 10.1 Å². The summed E-state index contributed by atoms with van der Waals surface area (Å²) < 4.78 is 0. The first-order valence-corrected chi connectivity index (χ1v) is 3.94. The van der Waals surface area contributed by atoms with Gasteiger partial charge in [0, 0.05) is 12.4 Å². The number of aliphatic imine (C=N–C) groups is 1.